The first-order chi connectivity index (χ1) is 15.3. The Hall–Kier alpha value is -3.57. The van der Waals surface area contributed by atoms with Crippen LogP contribution in [0.4, 0.5) is 0 Å². The number of aryl methyl sites for hydroxylation is 2. The van der Waals surface area contributed by atoms with Gasteiger partial charge in [0.05, 0.1) is 11.3 Å². The first-order valence-corrected chi connectivity index (χ1v) is 10.6. The van der Waals surface area contributed by atoms with E-state index in [1.165, 1.54) is 42.3 Å². The van der Waals surface area contributed by atoms with Crippen molar-refractivity contribution in [3.63, 3.8) is 0 Å². The van der Waals surface area contributed by atoms with Crippen LogP contribution < -0.4 is 10.5 Å². The number of ether oxygens (including phenoxy) is 1. The van der Waals surface area contributed by atoms with E-state index >= 15 is 0 Å². The van der Waals surface area contributed by atoms with Crippen molar-refractivity contribution >= 4 is 0 Å². The number of hydrogen-bond acceptors (Lipinski definition) is 5. The molecule has 5 nitrogen and oxygen atoms in total. The second kappa shape index (κ2) is 9.96. The fourth-order valence-electron chi connectivity index (χ4n) is 3.72. The minimum Gasteiger partial charge on any atom is -0.438 e. The Morgan fingerprint density at radius 3 is 2.55 bits per heavy atom. The zero-order valence-corrected chi connectivity index (χ0v) is 17.7. The largest absolute Gasteiger partial charge is 0.438 e. The molecule has 0 unspecified atom stereocenters. The predicted molar refractivity (Wildman–Crippen MR) is 124 cm³/mol. The molecule has 2 heterocycles. The fourth-order valence-corrected chi connectivity index (χ4v) is 3.72. The molecular formula is C26H26N4O. The SMILES string of the molecule is CCN.c1cc(Oc2ncccc2-c2ccncn2)cc(-c2ccc3c(c2)CCC3)c1. The highest BCUT2D eigenvalue weighted by molar-refractivity contribution is 5.68. The summed E-state index contributed by atoms with van der Waals surface area (Å²) in [5.74, 6) is 1.29. The molecule has 2 aromatic heterocycles. The number of hydrogen-bond donors (Lipinski definition) is 1. The van der Waals surface area contributed by atoms with Crippen LogP contribution >= 0.6 is 0 Å². The van der Waals surface area contributed by atoms with Gasteiger partial charge in [-0.2, -0.15) is 0 Å². The Bertz CT molecular complexity index is 1140. The fraction of sp³-hybridized carbons (Fsp3) is 0.192. The Morgan fingerprint density at radius 1 is 0.871 bits per heavy atom. The van der Waals surface area contributed by atoms with Crippen molar-refractivity contribution in [1.29, 1.82) is 0 Å². The molecule has 5 rings (SSSR count). The van der Waals surface area contributed by atoms with E-state index in [1.807, 2.05) is 37.3 Å². The molecule has 2 aromatic carbocycles. The van der Waals surface area contributed by atoms with Crippen molar-refractivity contribution in [3.8, 4) is 34.0 Å². The third-order valence-corrected chi connectivity index (χ3v) is 5.11. The van der Waals surface area contributed by atoms with E-state index in [0.29, 0.717) is 5.88 Å². The molecule has 0 bridgehead atoms. The highest BCUT2D eigenvalue weighted by Crippen LogP contribution is 2.33. The molecule has 0 aliphatic heterocycles. The molecule has 5 heteroatoms. The molecule has 0 spiro atoms. The van der Waals surface area contributed by atoms with Crippen LogP contribution in [-0.4, -0.2) is 21.5 Å². The van der Waals surface area contributed by atoms with Gasteiger partial charge in [-0.3, -0.25) is 0 Å². The van der Waals surface area contributed by atoms with Crippen molar-refractivity contribution in [3.05, 3.63) is 90.5 Å². The van der Waals surface area contributed by atoms with E-state index in [9.17, 15) is 0 Å². The van der Waals surface area contributed by atoms with Gasteiger partial charge in [-0.1, -0.05) is 37.3 Å². The molecule has 0 fully saturated rings. The lowest BCUT2D eigenvalue weighted by atomic mass is 10.0. The molecule has 0 radical (unpaired) electrons. The Morgan fingerprint density at radius 2 is 1.71 bits per heavy atom. The average molecular weight is 411 g/mol. The molecule has 0 saturated carbocycles. The standard InChI is InChI=1S/C24H19N3O.C2H7N/c1-4-17-9-10-20(14-18(17)5-1)19-6-2-7-21(15-19)28-24-22(8-3-12-26-24)23-11-13-25-16-27-23;1-2-3/h2-3,6-16H,1,4-5H2;2-3H2,1H3. The van der Waals surface area contributed by atoms with Crippen LogP contribution in [0.5, 0.6) is 11.6 Å². The van der Waals surface area contributed by atoms with Gasteiger partial charge in [0.2, 0.25) is 5.88 Å². The number of pyridine rings is 1. The van der Waals surface area contributed by atoms with Crippen LogP contribution in [0.1, 0.15) is 24.5 Å². The van der Waals surface area contributed by atoms with Crippen LogP contribution in [0, 0.1) is 0 Å². The van der Waals surface area contributed by atoms with Gasteiger partial charge in [-0.25, -0.2) is 15.0 Å². The number of fused-ring (bicyclic) bond motifs is 1. The smallest absolute Gasteiger partial charge is 0.228 e. The van der Waals surface area contributed by atoms with E-state index in [1.54, 1.807) is 12.4 Å². The third kappa shape index (κ3) is 4.95. The second-order valence-electron chi connectivity index (χ2n) is 7.33. The Labute approximate surface area is 183 Å². The maximum Gasteiger partial charge on any atom is 0.228 e. The summed E-state index contributed by atoms with van der Waals surface area (Å²) in [6, 6.07) is 20.6. The highest BCUT2D eigenvalue weighted by atomic mass is 16.5. The molecule has 0 atom stereocenters. The second-order valence-corrected chi connectivity index (χ2v) is 7.33. The summed E-state index contributed by atoms with van der Waals surface area (Å²) in [5, 5.41) is 0. The quantitative estimate of drug-likeness (QED) is 0.484. The van der Waals surface area contributed by atoms with Crippen molar-refractivity contribution in [2.45, 2.75) is 26.2 Å². The topological polar surface area (TPSA) is 73.9 Å². The van der Waals surface area contributed by atoms with E-state index in [0.717, 1.165) is 29.1 Å². The summed E-state index contributed by atoms with van der Waals surface area (Å²) in [5.41, 5.74) is 11.8. The van der Waals surface area contributed by atoms with Gasteiger partial charge in [0.1, 0.15) is 12.1 Å². The van der Waals surface area contributed by atoms with Crippen LogP contribution in [0.2, 0.25) is 0 Å². The summed E-state index contributed by atoms with van der Waals surface area (Å²) in [6.45, 7) is 2.65. The molecule has 156 valence electrons. The number of rotatable bonds is 4. The van der Waals surface area contributed by atoms with E-state index < -0.39 is 0 Å². The van der Waals surface area contributed by atoms with E-state index in [-0.39, 0.29) is 0 Å². The lowest BCUT2D eigenvalue weighted by Gasteiger charge is -2.11. The zero-order chi connectivity index (χ0) is 21.5. The van der Waals surface area contributed by atoms with Gasteiger partial charge in [-0.15, -0.1) is 0 Å². The van der Waals surface area contributed by atoms with Crippen molar-refractivity contribution in [1.82, 2.24) is 15.0 Å². The number of aromatic nitrogens is 3. The van der Waals surface area contributed by atoms with Crippen molar-refractivity contribution in [2.24, 2.45) is 5.73 Å². The summed E-state index contributed by atoms with van der Waals surface area (Å²) in [4.78, 5) is 12.7. The zero-order valence-electron chi connectivity index (χ0n) is 17.7. The summed E-state index contributed by atoms with van der Waals surface area (Å²) < 4.78 is 6.15. The first kappa shape index (κ1) is 20.7. The van der Waals surface area contributed by atoms with E-state index in [4.69, 9.17) is 10.5 Å². The van der Waals surface area contributed by atoms with Gasteiger partial charge in [0.15, 0.2) is 0 Å². The van der Waals surface area contributed by atoms with Gasteiger partial charge in [0.25, 0.3) is 0 Å². The molecule has 1 aliphatic carbocycles. The van der Waals surface area contributed by atoms with Crippen LogP contribution in [-0.2, 0) is 12.8 Å². The Kier molecular flexibility index (Phi) is 6.65. The molecule has 1 aliphatic rings. The number of nitrogens with two attached hydrogens (primary N) is 1. The normalized spacial score (nSPS) is 11.9. The molecule has 2 N–H and O–H groups in total. The third-order valence-electron chi connectivity index (χ3n) is 5.11. The molecule has 0 amide bonds. The minimum absolute atomic E-state index is 0.535. The van der Waals surface area contributed by atoms with Crippen LogP contribution in [0.15, 0.2) is 79.4 Å². The van der Waals surface area contributed by atoms with Crippen molar-refractivity contribution in [2.75, 3.05) is 6.54 Å². The maximum absolute atomic E-state index is 6.15. The molecular weight excluding hydrogens is 384 g/mol. The van der Waals surface area contributed by atoms with Gasteiger partial charge < -0.3 is 10.5 Å². The Balaban J connectivity index is 0.000000730. The van der Waals surface area contributed by atoms with Gasteiger partial charge in [0, 0.05) is 12.4 Å². The predicted octanol–water partition coefficient (Wildman–Crippen LogP) is 5.45. The summed E-state index contributed by atoms with van der Waals surface area (Å²) in [7, 11) is 0. The number of benzene rings is 2. The average Bonchev–Trinajstić information content (AvgIpc) is 3.29. The van der Waals surface area contributed by atoms with Crippen LogP contribution in [0.3, 0.4) is 0 Å². The van der Waals surface area contributed by atoms with Crippen molar-refractivity contribution < 1.29 is 4.74 Å². The number of nitrogens with zero attached hydrogens (tertiary/aromatic N) is 3. The first-order valence-electron chi connectivity index (χ1n) is 10.6. The minimum atomic E-state index is 0.535. The highest BCUT2D eigenvalue weighted by Gasteiger charge is 2.13. The van der Waals surface area contributed by atoms with Gasteiger partial charge >= 0.3 is 0 Å². The molecule has 31 heavy (non-hydrogen) atoms. The lowest BCUT2D eigenvalue weighted by Crippen LogP contribution is -1.93. The van der Waals surface area contributed by atoms with Gasteiger partial charge in [-0.05, 0) is 78.4 Å². The summed E-state index contributed by atoms with van der Waals surface area (Å²) >= 11 is 0. The lowest BCUT2D eigenvalue weighted by molar-refractivity contribution is 0.465. The van der Waals surface area contributed by atoms with E-state index in [2.05, 4.69) is 45.3 Å². The monoisotopic (exact) mass is 410 g/mol. The van der Waals surface area contributed by atoms with Crippen LogP contribution in [0.25, 0.3) is 22.4 Å². The molecule has 0 saturated heterocycles. The maximum atomic E-state index is 6.15. The summed E-state index contributed by atoms with van der Waals surface area (Å²) in [6.07, 6.45) is 8.60. The molecule has 4 aromatic rings.